The van der Waals surface area contributed by atoms with Gasteiger partial charge >= 0.3 is 5.97 Å². The van der Waals surface area contributed by atoms with E-state index in [0.29, 0.717) is 17.4 Å². The molecule has 0 amide bonds. The van der Waals surface area contributed by atoms with Crippen molar-refractivity contribution in [1.82, 2.24) is 9.36 Å². The fraction of sp³-hybridized carbons (Fsp3) is 0.375. The number of hydrogen-bond donors (Lipinski definition) is 0. The van der Waals surface area contributed by atoms with E-state index in [-0.39, 0.29) is 5.82 Å². The van der Waals surface area contributed by atoms with Gasteiger partial charge in [-0.15, -0.1) is 10.2 Å². The summed E-state index contributed by atoms with van der Waals surface area (Å²) >= 11 is 1.00. The zero-order valence-corrected chi connectivity index (χ0v) is 14.5. The van der Waals surface area contributed by atoms with Crippen molar-refractivity contribution in [2.24, 2.45) is 15.2 Å². The van der Waals surface area contributed by atoms with Crippen LogP contribution >= 0.6 is 11.5 Å². The number of aliphatic imine (C=N–C) groups is 1. The van der Waals surface area contributed by atoms with E-state index in [1.165, 1.54) is 0 Å². The van der Waals surface area contributed by atoms with Crippen molar-refractivity contribution >= 4 is 40.7 Å². The molecule has 2 rings (SSSR count). The summed E-state index contributed by atoms with van der Waals surface area (Å²) in [6.07, 6.45) is 2.94. The van der Waals surface area contributed by atoms with E-state index < -0.39 is 5.97 Å². The van der Waals surface area contributed by atoms with Gasteiger partial charge in [-0.05, 0) is 43.8 Å². The molecule has 0 spiro atoms. The van der Waals surface area contributed by atoms with Gasteiger partial charge in [-0.1, -0.05) is 19.8 Å². The molecule has 8 heteroatoms. The third-order valence-electron chi connectivity index (χ3n) is 3.19. The lowest BCUT2D eigenvalue weighted by Crippen LogP contribution is -2.08. The number of nitrogens with zero attached hydrogens (tertiary/aromatic N) is 5. The van der Waals surface area contributed by atoms with Crippen molar-refractivity contribution in [3.63, 3.8) is 0 Å². The Kier molecular flexibility index (Phi) is 6.68. The standard InChI is InChI=1S/C16H19N5O2S/c1-4-5-6-9-23-15(22)14-18-16(24-21-14)20-19-13-8-7-12(17-3)10-11(13)2/h7-8,10H,3-6,9H2,1-2H3/b20-19+. The highest BCUT2D eigenvalue weighted by molar-refractivity contribution is 7.09. The largest absolute Gasteiger partial charge is 0.460 e. The fourth-order valence-electron chi connectivity index (χ4n) is 1.87. The minimum Gasteiger partial charge on any atom is -0.460 e. The maximum absolute atomic E-state index is 11.8. The maximum Gasteiger partial charge on any atom is 0.377 e. The lowest BCUT2D eigenvalue weighted by molar-refractivity contribution is 0.0485. The average Bonchev–Trinajstić information content (AvgIpc) is 3.06. The average molecular weight is 345 g/mol. The monoisotopic (exact) mass is 345 g/mol. The highest BCUT2D eigenvalue weighted by Gasteiger charge is 2.14. The second kappa shape index (κ2) is 8.97. The van der Waals surface area contributed by atoms with Gasteiger partial charge in [0.1, 0.15) is 0 Å². The van der Waals surface area contributed by atoms with Crippen molar-refractivity contribution < 1.29 is 9.53 Å². The van der Waals surface area contributed by atoms with Gasteiger partial charge in [0.2, 0.25) is 5.13 Å². The lowest BCUT2D eigenvalue weighted by atomic mass is 10.2. The number of azo groups is 1. The molecule has 0 unspecified atom stereocenters. The molecule has 24 heavy (non-hydrogen) atoms. The Morgan fingerprint density at radius 2 is 2.17 bits per heavy atom. The van der Waals surface area contributed by atoms with Crippen LogP contribution in [0.3, 0.4) is 0 Å². The number of rotatable bonds is 8. The first-order chi connectivity index (χ1) is 11.6. The predicted octanol–water partition coefficient (Wildman–Crippen LogP) is 4.94. The third kappa shape index (κ3) is 5.02. The van der Waals surface area contributed by atoms with Crippen molar-refractivity contribution in [3.8, 4) is 0 Å². The molecule has 0 bridgehead atoms. The summed E-state index contributed by atoms with van der Waals surface area (Å²) in [4.78, 5) is 19.7. The molecule has 0 aliphatic heterocycles. The van der Waals surface area contributed by atoms with E-state index >= 15 is 0 Å². The Morgan fingerprint density at radius 3 is 2.88 bits per heavy atom. The smallest absolute Gasteiger partial charge is 0.377 e. The summed E-state index contributed by atoms with van der Waals surface area (Å²) in [5, 5.41) is 8.46. The first kappa shape index (κ1) is 17.9. The van der Waals surface area contributed by atoms with E-state index in [9.17, 15) is 4.79 Å². The fourth-order valence-corrected chi connectivity index (χ4v) is 2.36. The van der Waals surface area contributed by atoms with Crippen LogP contribution in [-0.4, -0.2) is 28.7 Å². The summed E-state index contributed by atoms with van der Waals surface area (Å²) in [6.45, 7) is 7.85. The van der Waals surface area contributed by atoms with E-state index in [4.69, 9.17) is 4.74 Å². The molecule has 2 aromatic rings. The molecular formula is C16H19N5O2S. The summed E-state index contributed by atoms with van der Waals surface area (Å²) in [5.41, 5.74) is 2.39. The van der Waals surface area contributed by atoms with E-state index in [1.807, 2.05) is 13.0 Å². The SMILES string of the molecule is C=Nc1ccc(/N=N/c2nc(C(=O)OCCCCC)ns2)c(C)c1. The van der Waals surface area contributed by atoms with Gasteiger partial charge in [-0.25, -0.2) is 4.79 Å². The number of aromatic nitrogens is 2. The molecule has 7 nitrogen and oxygen atoms in total. The van der Waals surface area contributed by atoms with Crippen LogP contribution in [0.25, 0.3) is 0 Å². The predicted molar refractivity (Wildman–Crippen MR) is 94.3 cm³/mol. The number of benzene rings is 1. The van der Waals surface area contributed by atoms with Crippen molar-refractivity contribution in [3.05, 3.63) is 29.6 Å². The third-order valence-corrected chi connectivity index (χ3v) is 3.79. The van der Waals surface area contributed by atoms with Gasteiger partial charge in [-0.2, -0.15) is 9.36 Å². The first-order valence-corrected chi connectivity index (χ1v) is 8.41. The minimum atomic E-state index is -0.526. The molecule has 0 N–H and O–H groups in total. The molecule has 0 radical (unpaired) electrons. The Labute approximate surface area is 144 Å². The molecule has 0 fully saturated rings. The molecule has 1 heterocycles. The second-order valence-electron chi connectivity index (χ2n) is 5.07. The van der Waals surface area contributed by atoms with Crippen LogP contribution in [0, 0.1) is 6.92 Å². The number of carbonyl (C=O) groups is 1. The molecule has 0 aliphatic carbocycles. The van der Waals surface area contributed by atoms with Crippen LogP contribution < -0.4 is 0 Å². The van der Waals surface area contributed by atoms with Gasteiger partial charge in [0.15, 0.2) is 0 Å². The van der Waals surface area contributed by atoms with E-state index in [1.54, 1.807) is 12.1 Å². The highest BCUT2D eigenvalue weighted by Crippen LogP contribution is 2.26. The summed E-state index contributed by atoms with van der Waals surface area (Å²) in [7, 11) is 0. The van der Waals surface area contributed by atoms with Gasteiger partial charge in [0.05, 0.1) is 18.0 Å². The Morgan fingerprint density at radius 1 is 1.33 bits per heavy atom. The van der Waals surface area contributed by atoms with Gasteiger partial charge in [0, 0.05) is 11.5 Å². The number of carbonyl (C=O) groups excluding carboxylic acids is 1. The minimum absolute atomic E-state index is 0.0216. The molecule has 126 valence electrons. The van der Waals surface area contributed by atoms with Gasteiger partial charge < -0.3 is 4.74 Å². The zero-order valence-electron chi connectivity index (χ0n) is 13.7. The van der Waals surface area contributed by atoms with Crippen LogP contribution in [0.1, 0.15) is 42.4 Å². The van der Waals surface area contributed by atoms with Crippen molar-refractivity contribution in [2.75, 3.05) is 6.61 Å². The second-order valence-corrected chi connectivity index (χ2v) is 5.80. The number of hydrogen-bond acceptors (Lipinski definition) is 8. The van der Waals surface area contributed by atoms with Crippen LogP contribution in [0.2, 0.25) is 0 Å². The number of aryl methyl sites for hydroxylation is 1. The molecule has 1 aromatic heterocycles. The maximum atomic E-state index is 11.8. The molecule has 0 atom stereocenters. The summed E-state index contributed by atoms with van der Waals surface area (Å²) in [6, 6.07) is 5.46. The van der Waals surface area contributed by atoms with Crippen molar-refractivity contribution in [1.29, 1.82) is 0 Å². The van der Waals surface area contributed by atoms with Gasteiger partial charge in [-0.3, -0.25) is 4.99 Å². The number of esters is 1. The van der Waals surface area contributed by atoms with Crippen LogP contribution in [0.4, 0.5) is 16.5 Å². The first-order valence-electron chi connectivity index (χ1n) is 7.64. The molecule has 0 saturated carbocycles. The number of unbranched alkanes of at least 4 members (excludes halogenated alkanes) is 2. The zero-order chi connectivity index (χ0) is 17.4. The summed E-state index contributed by atoms with van der Waals surface area (Å²) in [5.74, 6) is -0.505. The Bertz CT molecular complexity index is 742. The summed E-state index contributed by atoms with van der Waals surface area (Å²) < 4.78 is 9.06. The lowest BCUT2D eigenvalue weighted by Gasteiger charge is -2.00. The Balaban J connectivity index is 1.98. The quantitative estimate of drug-likeness (QED) is 0.293. The molecule has 0 aliphatic rings. The van der Waals surface area contributed by atoms with Gasteiger partial charge in [0.25, 0.3) is 5.82 Å². The molecule has 0 saturated heterocycles. The topological polar surface area (TPSA) is 89.2 Å². The Hall–Kier alpha value is -2.48. The number of ether oxygens (including phenoxy) is 1. The van der Waals surface area contributed by atoms with E-state index in [2.05, 4.69) is 38.2 Å². The van der Waals surface area contributed by atoms with Crippen LogP contribution in [0.15, 0.2) is 33.4 Å². The molecular weight excluding hydrogens is 326 g/mol. The molecule has 1 aromatic carbocycles. The normalized spacial score (nSPS) is 10.9. The van der Waals surface area contributed by atoms with Crippen LogP contribution in [0.5, 0.6) is 0 Å². The van der Waals surface area contributed by atoms with E-state index in [0.717, 1.165) is 42.0 Å². The van der Waals surface area contributed by atoms with Crippen molar-refractivity contribution in [2.45, 2.75) is 33.1 Å². The highest BCUT2D eigenvalue weighted by atomic mass is 32.1. The van der Waals surface area contributed by atoms with Crippen LogP contribution in [-0.2, 0) is 4.74 Å².